The first-order valence-electron chi connectivity index (χ1n) is 5.37. The molecule has 0 N–H and O–H groups in total. The second-order valence-corrected chi connectivity index (χ2v) is 5.16. The van der Waals surface area contributed by atoms with Crippen molar-refractivity contribution >= 4 is 11.6 Å². The highest BCUT2D eigenvalue weighted by atomic mass is 35.5. The van der Waals surface area contributed by atoms with Gasteiger partial charge < -0.3 is 4.42 Å². The Morgan fingerprint density at radius 3 is 2.79 bits per heavy atom. The molecule has 0 bridgehead atoms. The van der Waals surface area contributed by atoms with Gasteiger partial charge in [-0.1, -0.05) is 6.42 Å². The normalized spacial score (nSPS) is 36.9. The third-order valence-electron chi connectivity index (χ3n) is 3.62. The first-order valence-corrected chi connectivity index (χ1v) is 5.80. The first-order chi connectivity index (χ1) is 6.77. The highest BCUT2D eigenvalue weighted by Crippen LogP contribution is 2.63. The summed E-state index contributed by atoms with van der Waals surface area (Å²) < 4.78 is 5.66. The van der Waals surface area contributed by atoms with Crippen LogP contribution in [-0.4, -0.2) is 4.98 Å². The standard InChI is InChI=1S/C11H14ClNO/c1-6(12)11-13-5-9(14-11)10-7-3-2-4-8(7)10/h5-8,10H,2-4H2,1H3. The molecule has 3 atom stereocenters. The Morgan fingerprint density at radius 1 is 1.50 bits per heavy atom. The Balaban J connectivity index is 1.78. The zero-order chi connectivity index (χ0) is 9.71. The third kappa shape index (κ3) is 1.20. The largest absolute Gasteiger partial charge is 0.444 e. The molecule has 2 saturated carbocycles. The predicted octanol–water partition coefficient (Wildman–Crippen LogP) is 3.49. The first kappa shape index (κ1) is 8.78. The van der Waals surface area contributed by atoms with Crippen molar-refractivity contribution in [1.82, 2.24) is 4.98 Å². The number of rotatable bonds is 2. The van der Waals surface area contributed by atoms with E-state index in [1.807, 2.05) is 13.1 Å². The fourth-order valence-electron chi connectivity index (χ4n) is 2.88. The molecule has 0 saturated heterocycles. The van der Waals surface area contributed by atoms with Crippen LogP contribution >= 0.6 is 11.6 Å². The molecular weight excluding hydrogens is 198 g/mol. The molecule has 0 amide bonds. The fourth-order valence-corrected chi connectivity index (χ4v) is 2.98. The van der Waals surface area contributed by atoms with Crippen molar-refractivity contribution in [3.8, 4) is 0 Å². The number of aromatic nitrogens is 1. The number of alkyl halides is 1. The van der Waals surface area contributed by atoms with Crippen LogP contribution in [0.15, 0.2) is 10.6 Å². The van der Waals surface area contributed by atoms with Gasteiger partial charge in [-0.15, -0.1) is 11.6 Å². The van der Waals surface area contributed by atoms with Gasteiger partial charge in [-0.05, 0) is 31.6 Å². The molecule has 3 rings (SSSR count). The molecule has 2 aliphatic rings. The molecule has 0 aromatic carbocycles. The average Bonchev–Trinajstić information content (AvgIpc) is 2.63. The number of fused-ring (bicyclic) bond motifs is 1. The molecule has 3 unspecified atom stereocenters. The average molecular weight is 212 g/mol. The van der Waals surface area contributed by atoms with E-state index in [4.69, 9.17) is 16.0 Å². The van der Waals surface area contributed by atoms with Crippen LogP contribution in [0.1, 0.15) is 49.1 Å². The molecule has 14 heavy (non-hydrogen) atoms. The van der Waals surface area contributed by atoms with E-state index in [9.17, 15) is 0 Å². The van der Waals surface area contributed by atoms with E-state index in [-0.39, 0.29) is 5.38 Å². The van der Waals surface area contributed by atoms with Gasteiger partial charge in [-0.25, -0.2) is 4.98 Å². The highest BCUT2D eigenvalue weighted by Gasteiger charge is 2.55. The molecule has 2 fully saturated rings. The number of halogens is 1. The zero-order valence-corrected chi connectivity index (χ0v) is 9.00. The molecular formula is C11H14ClNO. The lowest BCUT2D eigenvalue weighted by atomic mass is 10.1. The number of hydrogen-bond donors (Lipinski definition) is 0. The Bertz CT molecular complexity index is 337. The molecule has 1 aromatic rings. The Morgan fingerprint density at radius 2 is 2.21 bits per heavy atom. The van der Waals surface area contributed by atoms with Gasteiger partial charge in [0.15, 0.2) is 0 Å². The Kier molecular flexibility index (Phi) is 1.88. The molecule has 3 heteroatoms. The van der Waals surface area contributed by atoms with E-state index < -0.39 is 0 Å². The third-order valence-corrected chi connectivity index (χ3v) is 3.80. The summed E-state index contributed by atoms with van der Waals surface area (Å²) in [6.45, 7) is 1.89. The van der Waals surface area contributed by atoms with Crippen molar-refractivity contribution in [1.29, 1.82) is 0 Å². The van der Waals surface area contributed by atoms with Gasteiger partial charge in [0.05, 0.1) is 6.20 Å². The van der Waals surface area contributed by atoms with E-state index in [0.29, 0.717) is 11.8 Å². The minimum Gasteiger partial charge on any atom is -0.444 e. The van der Waals surface area contributed by atoms with Crippen LogP contribution in [0.25, 0.3) is 0 Å². The molecule has 1 aromatic heterocycles. The Labute approximate surface area is 88.7 Å². The lowest BCUT2D eigenvalue weighted by molar-refractivity contribution is 0.440. The smallest absolute Gasteiger partial charge is 0.212 e. The van der Waals surface area contributed by atoms with Gasteiger partial charge in [-0.3, -0.25) is 0 Å². The van der Waals surface area contributed by atoms with Crippen molar-refractivity contribution in [2.75, 3.05) is 0 Å². The summed E-state index contributed by atoms with van der Waals surface area (Å²) in [4.78, 5) is 4.21. The van der Waals surface area contributed by atoms with Gasteiger partial charge in [0.25, 0.3) is 0 Å². The summed E-state index contributed by atoms with van der Waals surface area (Å²) in [5, 5.41) is -0.109. The maximum atomic E-state index is 5.91. The van der Waals surface area contributed by atoms with Gasteiger partial charge in [-0.2, -0.15) is 0 Å². The van der Waals surface area contributed by atoms with E-state index in [2.05, 4.69) is 4.98 Å². The van der Waals surface area contributed by atoms with Crippen LogP contribution in [0, 0.1) is 11.8 Å². The summed E-state index contributed by atoms with van der Waals surface area (Å²) >= 11 is 5.91. The van der Waals surface area contributed by atoms with Crippen molar-refractivity contribution in [2.24, 2.45) is 11.8 Å². The maximum absolute atomic E-state index is 5.91. The van der Waals surface area contributed by atoms with Crippen LogP contribution in [0.3, 0.4) is 0 Å². The van der Waals surface area contributed by atoms with Crippen molar-refractivity contribution in [3.05, 3.63) is 17.8 Å². The van der Waals surface area contributed by atoms with Crippen LogP contribution in [0.2, 0.25) is 0 Å². The van der Waals surface area contributed by atoms with Gasteiger partial charge in [0.1, 0.15) is 11.1 Å². The van der Waals surface area contributed by atoms with Crippen LogP contribution < -0.4 is 0 Å². The quantitative estimate of drug-likeness (QED) is 0.700. The number of nitrogens with zero attached hydrogens (tertiary/aromatic N) is 1. The monoisotopic (exact) mass is 211 g/mol. The highest BCUT2D eigenvalue weighted by molar-refractivity contribution is 6.20. The van der Waals surface area contributed by atoms with Crippen molar-refractivity contribution in [3.63, 3.8) is 0 Å². The van der Waals surface area contributed by atoms with Crippen LogP contribution in [0.4, 0.5) is 0 Å². The molecule has 0 radical (unpaired) electrons. The van der Waals surface area contributed by atoms with E-state index >= 15 is 0 Å². The van der Waals surface area contributed by atoms with Gasteiger partial charge in [0.2, 0.25) is 5.89 Å². The van der Waals surface area contributed by atoms with Crippen molar-refractivity contribution < 1.29 is 4.42 Å². The lowest BCUT2D eigenvalue weighted by Gasteiger charge is -1.98. The SMILES string of the molecule is CC(Cl)c1ncc(C2C3CCCC32)o1. The molecule has 2 aliphatic carbocycles. The summed E-state index contributed by atoms with van der Waals surface area (Å²) in [6.07, 6.45) is 6.03. The lowest BCUT2D eigenvalue weighted by Crippen LogP contribution is -1.84. The number of oxazole rings is 1. The van der Waals surface area contributed by atoms with E-state index in [1.165, 1.54) is 19.3 Å². The van der Waals surface area contributed by atoms with E-state index in [0.717, 1.165) is 17.6 Å². The van der Waals surface area contributed by atoms with Crippen molar-refractivity contribution in [2.45, 2.75) is 37.5 Å². The summed E-state index contributed by atoms with van der Waals surface area (Å²) in [7, 11) is 0. The summed E-state index contributed by atoms with van der Waals surface area (Å²) in [6, 6.07) is 0. The second-order valence-electron chi connectivity index (χ2n) is 4.50. The minimum atomic E-state index is -0.109. The van der Waals surface area contributed by atoms with Gasteiger partial charge >= 0.3 is 0 Å². The fraction of sp³-hybridized carbons (Fsp3) is 0.727. The van der Waals surface area contributed by atoms with Gasteiger partial charge in [0, 0.05) is 5.92 Å². The van der Waals surface area contributed by atoms with E-state index in [1.54, 1.807) is 0 Å². The molecule has 0 aliphatic heterocycles. The topological polar surface area (TPSA) is 26.0 Å². The Hall–Kier alpha value is -0.500. The zero-order valence-electron chi connectivity index (χ0n) is 8.24. The molecule has 76 valence electrons. The predicted molar refractivity (Wildman–Crippen MR) is 54.3 cm³/mol. The second kappa shape index (κ2) is 2.99. The minimum absolute atomic E-state index is 0.109. The maximum Gasteiger partial charge on any atom is 0.212 e. The molecule has 2 nitrogen and oxygen atoms in total. The van der Waals surface area contributed by atoms with Crippen LogP contribution in [0.5, 0.6) is 0 Å². The summed E-state index contributed by atoms with van der Waals surface area (Å²) in [5.41, 5.74) is 0. The molecule has 0 spiro atoms. The number of hydrogen-bond acceptors (Lipinski definition) is 2. The van der Waals surface area contributed by atoms with Crippen LogP contribution in [-0.2, 0) is 0 Å². The summed E-state index contributed by atoms with van der Waals surface area (Å²) in [5.74, 6) is 4.19. The molecule has 1 heterocycles.